The molecule has 2 heteroatoms. The molecule has 0 radical (unpaired) electrons. The van der Waals surface area contributed by atoms with Crippen LogP contribution in [0.15, 0.2) is 58.3 Å². The zero-order valence-corrected chi connectivity index (χ0v) is 8.25. The van der Waals surface area contributed by atoms with Crippen LogP contribution in [0.4, 0.5) is 0 Å². The van der Waals surface area contributed by atoms with Gasteiger partial charge < -0.3 is 0 Å². The average Bonchev–Trinajstić information content (AvgIpc) is 2.92. The van der Waals surface area contributed by atoms with E-state index in [1.54, 1.807) is 0 Å². The standard InChI is InChI=1S/C12H8OS/c13-14-11-8-4-7-10(12(11)14)9-5-2-1-3-6-9/h1-8H. The van der Waals surface area contributed by atoms with Crippen molar-refractivity contribution in [3.8, 4) is 11.1 Å². The Kier molecular flexibility index (Phi) is 1.58. The molecule has 3 rings (SSSR count). The molecule has 68 valence electrons. The minimum atomic E-state index is -0.827. The minimum absolute atomic E-state index is 0.827. The Morgan fingerprint density at radius 1 is 0.857 bits per heavy atom. The number of hydrogen-bond acceptors (Lipinski definition) is 1. The SMILES string of the molecule is O=S1c2cccc(-c3ccccc3)c21. The first-order chi connectivity index (χ1) is 6.88. The van der Waals surface area contributed by atoms with Gasteiger partial charge in [0.05, 0.1) is 20.6 Å². The van der Waals surface area contributed by atoms with E-state index in [0.29, 0.717) is 0 Å². The van der Waals surface area contributed by atoms with Gasteiger partial charge in [0.2, 0.25) is 0 Å². The molecule has 1 atom stereocenters. The number of fused-ring (bicyclic) bond motifs is 1. The van der Waals surface area contributed by atoms with Crippen LogP contribution in [-0.2, 0) is 10.8 Å². The third-order valence-corrected chi connectivity index (χ3v) is 3.75. The molecule has 1 nitrogen and oxygen atoms in total. The fraction of sp³-hybridized carbons (Fsp3) is 0. The summed E-state index contributed by atoms with van der Waals surface area (Å²) in [5.41, 5.74) is 2.26. The highest BCUT2D eigenvalue weighted by Crippen LogP contribution is 2.43. The van der Waals surface area contributed by atoms with Crippen LogP contribution in [-0.4, -0.2) is 4.21 Å². The third-order valence-electron chi connectivity index (χ3n) is 2.41. The first-order valence-corrected chi connectivity index (χ1v) is 5.63. The van der Waals surface area contributed by atoms with Crippen LogP contribution < -0.4 is 0 Å². The van der Waals surface area contributed by atoms with Crippen molar-refractivity contribution in [1.82, 2.24) is 0 Å². The highest BCUT2D eigenvalue weighted by molar-refractivity contribution is 7.91. The molecule has 2 aromatic carbocycles. The van der Waals surface area contributed by atoms with Gasteiger partial charge in [0.25, 0.3) is 0 Å². The summed E-state index contributed by atoms with van der Waals surface area (Å²) in [6, 6.07) is 16.0. The van der Waals surface area contributed by atoms with E-state index in [9.17, 15) is 4.21 Å². The van der Waals surface area contributed by atoms with E-state index in [0.717, 1.165) is 20.9 Å². The topological polar surface area (TPSA) is 17.1 Å². The van der Waals surface area contributed by atoms with Gasteiger partial charge in [-0.25, -0.2) is 4.21 Å². The van der Waals surface area contributed by atoms with Gasteiger partial charge in [0.1, 0.15) is 0 Å². The molecule has 0 spiro atoms. The van der Waals surface area contributed by atoms with Crippen molar-refractivity contribution in [2.75, 3.05) is 0 Å². The van der Waals surface area contributed by atoms with E-state index in [1.165, 1.54) is 0 Å². The van der Waals surface area contributed by atoms with E-state index in [4.69, 9.17) is 0 Å². The van der Waals surface area contributed by atoms with Crippen LogP contribution in [0.2, 0.25) is 0 Å². The Bertz CT molecular complexity index is 517. The highest BCUT2D eigenvalue weighted by atomic mass is 32.2. The molecule has 0 amide bonds. The number of hydrogen-bond donors (Lipinski definition) is 0. The van der Waals surface area contributed by atoms with Gasteiger partial charge in [0, 0.05) is 0 Å². The molecule has 1 aliphatic heterocycles. The van der Waals surface area contributed by atoms with Gasteiger partial charge in [0.15, 0.2) is 0 Å². The van der Waals surface area contributed by atoms with Gasteiger partial charge in [-0.3, -0.25) is 0 Å². The summed E-state index contributed by atoms with van der Waals surface area (Å²) >= 11 is 0. The minimum Gasteiger partial charge on any atom is -0.249 e. The molecule has 0 aliphatic carbocycles. The van der Waals surface area contributed by atoms with E-state index < -0.39 is 10.8 Å². The summed E-state index contributed by atoms with van der Waals surface area (Å²) in [6.07, 6.45) is 0. The van der Waals surface area contributed by atoms with E-state index in [2.05, 4.69) is 0 Å². The summed E-state index contributed by atoms with van der Waals surface area (Å²) in [7, 11) is -0.827. The Morgan fingerprint density at radius 2 is 1.64 bits per heavy atom. The maximum absolute atomic E-state index is 11.4. The molecular formula is C12H8OS. The van der Waals surface area contributed by atoms with Gasteiger partial charge in [-0.2, -0.15) is 0 Å². The van der Waals surface area contributed by atoms with Crippen LogP contribution in [0.1, 0.15) is 0 Å². The average molecular weight is 200 g/mol. The van der Waals surface area contributed by atoms with Crippen LogP contribution in [0.25, 0.3) is 11.1 Å². The number of benzene rings is 2. The predicted molar refractivity (Wildman–Crippen MR) is 56.6 cm³/mol. The normalized spacial score (nSPS) is 17.6. The van der Waals surface area contributed by atoms with Crippen molar-refractivity contribution >= 4 is 10.8 Å². The maximum Gasteiger partial charge on any atom is 0.0881 e. The Morgan fingerprint density at radius 3 is 2.43 bits per heavy atom. The van der Waals surface area contributed by atoms with E-state index in [1.807, 2.05) is 48.5 Å². The first kappa shape index (κ1) is 7.94. The fourth-order valence-electron chi connectivity index (χ4n) is 1.67. The van der Waals surface area contributed by atoms with Crippen molar-refractivity contribution in [3.63, 3.8) is 0 Å². The van der Waals surface area contributed by atoms with Crippen LogP contribution >= 0.6 is 0 Å². The van der Waals surface area contributed by atoms with E-state index >= 15 is 0 Å². The van der Waals surface area contributed by atoms with Crippen LogP contribution in [0.3, 0.4) is 0 Å². The molecule has 0 saturated heterocycles. The fourth-order valence-corrected chi connectivity index (χ4v) is 2.83. The molecule has 0 bridgehead atoms. The molecule has 0 saturated carbocycles. The molecule has 14 heavy (non-hydrogen) atoms. The first-order valence-electron chi connectivity index (χ1n) is 4.48. The summed E-state index contributed by atoms with van der Waals surface area (Å²) in [4.78, 5) is 2.00. The van der Waals surface area contributed by atoms with Crippen molar-refractivity contribution in [1.29, 1.82) is 0 Å². The van der Waals surface area contributed by atoms with Crippen molar-refractivity contribution < 1.29 is 4.21 Å². The zero-order chi connectivity index (χ0) is 9.54. The van der Waals surface area contributed by atoms with E-state index in [-0.39, 0.29) is 0 Å². The molecule has 0 N–H and O–H groups in total. The summed E-state index contributed by atoms with van der Waals surface area (Å²) < 4.78 is 11.4. The number of rotatable bonds is 1. The molecule has 0 fully saturated rings. The zero-order valence-electron chi connectivity index (χ0n) is 7.44. The maximum atomic E-state index is 11.4. The molecule has 1 heterocycles. The van der Waals surface area contributed by atoms with Crippen molar-refractivity contribution in [2.24, 2.45) is 0 Å². The highest BCUT2D eigenvalue weighted by Gasteiger charge is 2.31. The molecular weight excluding hydrogens is 192 g/mol. The second kappa shape index (κ2) is 2.79. The smallest absolute Gasteiger partial charge is 0.0881 e. The van der Waals surface area contributed by atoms with Gasteiger partial charge in [-0.15, -0.1) is 0 Å². The Labute approximate surface area is 84.9 Å². The quantitative estimate of drug-likeness (QED) is 0.552. The predicted octanol–water partition coefficient (Wildman–Crippen LogP) is 2.83. The Hall–Kier alpha value is -1.41. The van der Waals surface area contributed by atoms with Crippen molar-refractivity contribution in [2.45, 2.75) is 9.79 Å². The monoisotopic (exact) mass is 200 g/mol. The summed E-state index contributed by atoms with van der Waals surface area (Å²) in [6.45, 7) is 0. The summed E-state index contributed by atoms with van der Waals surface area (Å²) in [5, 5.41) is 0. The lowest BCUT2D eigenvalue weighted by atomic mass is 10.1. The molecule has 0 aromatic heterocycles. The van der Waals surface area contributed by atoms with Crippen LogP contribution in [0, 0.1) is 0 Å². The van der Waals surface area contributed by atoms with Crippen LogP contribution in [0.5, 0.6) is 0 Å². The largest absolute Gasteiger partial charge is 0.249 e. The Balaban J connectivity index is 2.21. The van der Waals surface area contributed by atoms with Gasteiger partial charge in [-0.05, 0) is 17.2 Å². The lowest BCUT2D eigenvalue weighted by molar-refractivity contribution is 0.693. The molecule has 2 aromatic rings. The van der Waals surface area contributed by atoms with Gasteiger partial charge in [-0.1, -0.05) is 42.5 Å². The lowest BCUT2D eigenvalue weighted by Crippen LogP contribution is -1.74. The molecule has 1 aliphatic rings. The second-order valence-electron chi connectivity index (χ2n) is 3.27. The second-order valence-corrected chi connectivity index (χ2v) is 4.65. The lowest BCUT2D eigenvalue weighted by Gasteiger charge is -1.97. The summed E-state index contributed by atoms with van der Waals surface area (Å²) in [5.74, 6) is 0. The van der Waals surface area contributed by atoms with Crippen molar-refractivity contribution in [3.05, 3.63) is 48.5 Å². The molecule has 1 unspecified atom stereocenters. The third kappa shape index (κ3) is 1.04. The van der Waals surface area contributed by atoms with Gasteiger partial charge >= 0.3 is 0 Å².